The van der Waals surface area contributed by atoms with E-state index in [1.54, 1.807) is 7.11 Å². The number of aryl methyl sites for hydroxylation is 2. The molecule has 0 aliphatic carbocycles. The van der Waals surface area contributed by atoms with Crippen molar-refractivity contribution in [1.29, 1.82) is 0 Å². The number of piperazine rings is 1. The van der Waals surface area contributed by atoms with Crippen molar-refractivity contribution in [2.75, 3.05) is 38.2 Å². The number of benzene rings is 1. The largest absolute Gasteiger partial charge is 0.495 e. The second-order valence-electron chi connectivity index (χ2n) is 6.04. The third-order valence-corrected chi connectivity index (χ3v) is 4.45. The van der Waals surface area contributed by atoms with Crippen molar-refractivity contribution in [3.05, 3.63) is 53.3 Å². The van der Waals surface area contributed by atoms with Gasteiger partial charge in [-0.25, -0.2) is 0 Å². The average molecular weight is 325 g/mol. The molecule has 0 atom stereocenters. The zero-order valence-corrected chi connectivity index (χ0v) is 14.5. The van der Waals surface area contributed by atoms with Crippen LogP contribution in [0.1, 0.15) is 21.7 Å². The van der Waals surface area contributed by atoms with Gasteiger partial charge in [-0.15, -0.1) is 0 Å². The predicted octanol–water partition coefficient (Wildman–Crippen LogP) is 2.67. The van der Waals surface area contributed by atoms with Gasteiger partial charge in [0.2, 0.25) is 0 Å². The molecule has 1 aliphatic heterocycles. The molecule has 5 nitrogen and oxygen atoms in total. The van der Waals surface area contributed by atoms with Crippen LogP contribution in [-0.2, 0) is 0 Å². The van der Waals surface area contributed by atoms with E-state index in [1.807, 2.05) is 49.1 Å². The van der Waals surface area contributed by atoms with Crippen molar-refractivity contribution in [1.82, 2.24) is 9.88 Å². The first kappa shape index (κ1) is 16.3. The molecular formula is C19H23N3O2. The third-order valence-electron chi connectivity index (χ3n) is 4.45. The molecule has 2 heterocycles. The Balaban J connectivity index is 1.69. The van der Waals surface area contributed by atoms with E-state index in [1.165, 1.54) is 0 Å². The summed E-state index contributed by atoms with van der Waals surface area (Å²) in [5, 5.41) is 0. The fourth-order valence-electron chi connectivity index (χ4n) is 3.12. The van der Waals surface area contributed by atoms with Gasteiger partial charge in [0, 0.05) is 31.9 Å². The van der Waals surface area contributed by atoms with Crippen molar-refractivity contribution in [2.45, 2.75) is 13.8 Å². The van der Waals surface area contributed by atoms with Gasteiger partial charge in [0.05, 0.1) is 24.1 Å². The lowest BCUT2D eigenvalue weighted by Crippen LogP contribution is -2.49. The fourth-order valence-corrected chi connectivity index (χ4v) is 3.12. The number of nitrogens with zero attached hydrogens (tertiary/aromatic N) is 3. The minimum Gasteiger partial charge on any atom is -0.495 e. The highest BCUT2D eigenvalue weighted by Crippen LogP contribution is 2.28. The maximum atomic E-state index is 12.7. The molecular weight excluding hydrogens is 302 g/mol. The van der Waals surface area contributed by atoms with E-state index < -0.39 is 0 Å². The lowest BCUT2D eigenvalue weighted by molar-refractivity contribution is 0.0745. The molecule has 2 aromatic rings. The molecule has 5 heteroatoms. The van der Waals surface area contributed by atoms with Crippen LogP contribution in [0.25, 0.3) is 0 Å². The summed E-state index contributed by atoms with van der Waals surface area (Å²) in [6.45, 7) is 6.82. The minimum absolute atomic E-state index is 0.0691. The second-order valence-corrected chi connectivity index (χ2v) is 6.04. The van der Waals surface area contributed by atoms with Crippen molar-refractivity contribution in [3.8, 4) is 5.75 Å². The minimum atomic E-state index is 0.0691. The molecule has 0 radical (unpaired) electrons. The number of carbonyl (C=O) groups is 1. The number of methoxy groups -OCH3 is 1. The zero-order valence-electron chi connectivity index (χ0n) is 14.5. The number of hydrogen-bond donors (Lipinski definition) is 0. The van der Waals surface area contributed by atoms with Crippen molar-refractivity contribution >= 4 is 11.6 Å². The Morgan fingerprint density at radius 3 is 2.42 bits per heavy atom. The fraction of sp³-hybridized carbons (Fsp3) is 0.368. The molecule has 3 rings (SSSR count). The first-order valence-corrected chi connectivity index (χ1v) is 8.21. The highest BCUT2D eigenvalue weighted by atomic mass is 16.5. The first-order valence-electron chi connectivity index (χ1n) is 8.21. The van der Waals surface area contributed by atoms with Crippen LogP contribution >= 0.6 is 0 Å². The van der Waals surface area contributed by atoms with Crippen LogP contribution in [0.2, 0.25) is 0 Å². The number of para-hydroxylation sites is 2. The summed E-state index contributed by atoms with van der Waals surface area (Å²) in [5.74, 6) is 0.940. The molecule has 0 bridgehead atoms. The highest BCUT2D eigenvalue weighted by Gasteiger charge is 2.24. The summed E-state index contributed by atoms with van der Waals surface area (Å²) in [6.07, 6.45) is 0. The van der Waals surface area contributed by atoms with Gasteiger partial charge < -0.3 is 14.5 Å². The van der Waals surface area contributed by atoms with Crippen LogP contribution < -0.4 is 9.64 Å². The maximum absolute atomic E-state index is 12.7. The number of aromatic nitrogens is 1. The molecule has 1 amide bonds. The van der Waals surface area contributed by atoms with Crippen LogP contribution in [0.5, 0.6) is 5.75 Å². The summed E-state index contributed by atoms with van der Waals surface area (Å²) < 4.78 is 5.44. The van der Waals surface area contributed by atoms with E-state index in [4.69, 9.17) is 4.74 Å². The Morgan fingerprint density at radius 1 is 1.04 bits per heavy atom. The van der Waals surface area contributed by atoms with E-state index in [9.17, 15) is 4.79 Å². The van der Waals surface area contributed by atoms with Gasteiger partial charge in [-0.05, 0) is 38.1 Å². The molecule has 0 saturated carbocycles. The van der Waals surface area contributed by atoms with E-state index >= 15 is 0 Å². The number of anilines is 1. The van der Waals surface area contributed by atoms with Crippen LogP contribution in [0.3, 0.4) is 0 Å². The summed E-state index contributed by atoms with van der Waals surface area (Å²) in [5.41, 5.74) is 3.52. The van der Waals surface area contributed by atoms with Crippen molar-refractivity contribution in [2.24, 2.45) is 0 Å². The molecule has 1 aromatic carbocycles. The number of rotatable bonds is 3. The molecule has 0 unspecified atom stereocenters. The number of amides is 1. The van der Waals surface area contributed by atoms with Crippen LogP contribution in [0, 0.1) is 13.8 Å². The number of ether oxygens (including phenoxy) is 1. The maximum Gasteiger partial charge on any atom is 0.255 e. The van der Waals surface area contributed by atoms with Gasteiger partial charge in [-0.1, -0.05) is 12.1 Å². The third kappa shape index (κ3) is 3.20. The van der Waals surface area contributed by atoms with E-state index in [0.717, 1.165) is 35.9 Å². The van der Waals surface area contributed by atoms with Crippen molar-refractivity contribution in [3.63, 3.8) is 0 Å². The molecule has 0 N–H and O–H groups in total. The standard InChI is InChI=1S/C19H23N3O2/c1-14-8-9-16(15(2)20-14)19(23)22-12-10-21(11-13-22)17-6-4-5-7-18(17)24-3/h4-9H,10-13H2,1-3H3. The monoisotopic (exact) mass is 325 g/mol. The molecule has 24 heavy (non-hydrogen) atoms. The summed E-state index contributed by atoms with van der Waals surface area (Å²) >= 11 is 0. The quantitative estimate of drug-likeness (QED) is 0.870. The Bertz CT molecular complexity index is 737. The van der Waals surface area contributed by atoms with Gasteiger partial charge in [0.1, 0.15) is 5.75 Å². The second kappa shape index (κ2) is 6.91. The van der Waals surface area contributed by atoms with Crippen LogP contribution in [-0.4, -0.2) is 49.1 Å². The summed E-state index contributed by atoms with van der Waals surface area (Å²) in [4.78, 5) is 21.3. The van der Waals surface area contributed by atoms with Gasteiger partial charge in [0.15, 0.2) is 0 Å². The normalized spacial score (nSPS) is 14.6. The van der Waals surface area contributed by atoms with Crippen LogP contribution in [0.15, 0.2) is 36.4 Å². The number of hydrogen-bond acceptors (Lipinski definition) is 4. The zero-order chi connectivity index (χ0) is 17.1. The highest BCUT2D eigenvalue weighted by molar-refractivity contribution is 5.95. The lowest BCUT2D eigenvalue weighted by Gasteiger charge is -2.36. The molecule has 0 spiro atoms. The Hall–Kier alpha value is -2.56. The molecule has 1 fully saturated rings. The van der Waals surface area contributed by atoms with E-state index in [-0.39, 0.29) is 5.91 Å². The van der Waals surface area contributed by atoms with E-state index in [0.29, 0.717) is 18.7 Å². The van der Waals surface area contributed by atoms with Gasteiger partial charge in [0.25, 0.3) is 5.91 Å². The topological polar surface area (TPSA) is 45.7 Å². The Morgan fingerprint density at radius 2 is 1.75 bits per heavy atom. The Labute approximate surface area is 142 Å². The molecule has 1 aromatic heterocycles. The van der Waals surface area contributed by atoms with Gasteiger partial charge in [-0.3, -0.25) is 9.78 Å². The van der Waals surface area contributed by atoms with Crippen molar-refractivity contribution < 1.29 is 9.53 Å². The molecule has 1 saturated heterocycles. The number of carbonyl (C=O) groups excluding carboxylic acids is 1. The lowest BCUT2D eigenvalue weighted by atomic mass is 10.1. The summed E-state index contributed by atoms with van der Waals surface area (Å²) in [7, 11) is 1.69. The average Bonchev–Trinajstić information content (AvgIpc) is 2.61. The molecule has 1 aliphatic rings. The predicted molar refractivity (Wildman–Crippen MR) is 94.8 cm³/mol. The van der Waals surface area contributed by atoms with Crippen LogP contribution in [0.4, 0.5) is 5.69 Å². The summed E-state index contributed by atoms with van der Waals surface area (Å²) in [6, 6.07) is 11.8. The molecule has 126 valence electrons. The van der Waals surface area contributed by atoms with Gasteiger partial charge >= 0.3 is 0 Å². The van der Waals surface area contributed by atoms with Gasteiger partial charge in [-0.2, -0.15) is 0 Å². The smallest absolute Gasteiger partial charge is 0.255 e. The van der Waals surface area contributed by atoms with E-state index in [2.05, 4.69) is 16.0 Å². The number of pyridine rings is 1. The SMILES string of the molecule is COc1ccccc1N1CCN(C(=O)c2ccc(C)nc2C)CC1. The Kier molecular flexibility index (Phi) is 4.69. The first-order chi connectivity index (χ1) is 11.6.